The fourth-order valence-electron chi connectivity index (χ4n) is 1.36. The van der Waals surface area contributed by atoms with Crippen molar-refractivity contribution >= 4 is 0 Å². The summed E-state index contributed by atoms with van der Waals surface area (Å²) < 4.78 is 0. The zero-order chi connectivity index (χ0) is 9.78. The molecule has 0 amide bonds. The Hall–Kier alpha value is -0.510. The largest absolute Gasteiger partial charge is 0.198 e. The minimum absolute atomic E-state index is 0.371. The van der Waals surface area contributed by atoms with Crippen LogP contribution in [0.4, 0.5) is 0 Å². The van der Waals surface area contributed by atoms with Crippen LogP contribution < -0.4 is 0 Å². The lowest BCUT2D eigenvalue weighted by Crippen LogP contribution is -2.21. The standard InChI is InChI=1S/C11H21N/c1-9(2)11(4,5)8-10(3)6-7-12/h9-10H,6,8H2,1-5H3. The summed E-state index contributed by atoms with van der Waals surface area (Å²) in [5, 5.41) is 8.52. The Balaban J connectivity index is 3.98. The third-order valence-electron chi connectivity index (χ3n) is 2.88. The van der Waals surface area contributed by atoms with E-state index in [4.69, 9.17) is 5.26 Å². The Morgan fingerprint density at radius 1 is 1.25 bits per heavy atom. The van der Waals surface area contributed by atoms with Gasteiger partial charge in [0.25, 0.3) is 0 Å². The van der Waals surface area contributed by atoms with Gasteiger partial charge in [-0.2, -0.15) is 5.26 Å². The lowest BCUT2D eigenvalue weighted by Gasteiger charge is -2.31. The molecule has 0 aromatic rings. The average Bonchev–Trinajstić information content (AvgIpc) is 1.85. The molecule has 1 atom stereocenters. The normalized spacial score (nSPS) is 14.4. The van der Waals surface area contributed by atoms with Gasteiger partial charge in [-0.1, -0.05) is 34.6 Å². The van der Waals surface area contributed by atoms with Gasteiger partial charge < -0.3 is 0 Å². The van der Waals surface area contributed by atoms with Crippen LogP contribution in [0, 0.1) is 28.6 Å². The van der Waals surface area contributed by atoms with Gasteiger partial charge in [-0.3, -0.25) is 0 Å². The van der Waals surface area contributed by atoms with E-state index in [0.29, 0.717) is 23.7 Å². The lowest BCUT2D eigenvalue weighted by molar-refractivity contribution is 0.195. The summed E-state index contributed by atoms with van der Waals surface area (Å²) in [6, 6.07) is 2.23. The SMILES string of the molecule is CC(CC#N)CC(C)(C)C(C)C. The van der Waals surface area contributed by atoms with Gasteiger partial charge >= 0.3 is 0 Å². The molecule has 0 spiro atoms. The second kappa shape index (κ2) is 4.50. The summed E-state index contributed by atoms with van der Waals surface area (Å²) >= 11 is 0. The summed E-state index contributed by atoms with van der Waals surface area (Å²) in [5.41, 5.74) is 0.371. The van der Waals surface area contributed by atoms with Crippen LogP contribution in [0.2, 0.25) is 0 Å². The average molecular weight is 167 g/mol. The number of nitrogens with zero attached hydrogens (tertiary/aromatic N) is 1. The minimum atomic E-state index is 0.371. The lowest BCUT2D eigenvalue weighted by atomic mass is 9.74. The summed E-state index contributed by atoms with van der Waals surface area (Å²) in [6.45, 7) is 11.2. The molecule has 12 heavy (non-hydrogen) atoms. The molecule has 1 heteroatoms. The summed E-state index contributed by atoms with van der Waals surface area (Å²) in [4.78, 5) is 0. The predicted molar refractivity (Wildman–Crippen MR) is 52.6 cm³/mol. The van der Waals surface area contributed by atoms with E-state index in [-0.39, 0.29) is 0 Å². The molecule has 0 saturated carbocycles. The van der Waals surface area contributed by atoms with Crippen LogP contribution in [0.3, 0.4) is 0 Å². The highest BCUT2D eigenvalue weighted by Crippen LogP contribution is 2.34. The van der Waals surface area contributed by atoms with Crippen LogP contribution in [0.5, 0.6) is 0 Å². The molecule has 0 aliphatic rings. The first-order valence-electron chi connectivity index (χ1n) is 4.77. The van der Waals surface area contributed by atoms with E-state index in [1.807, 2.05) is 0 Å². The van der Waals surface area contributed by atoms with Gasteiger partial charge in [0.15, 0.2) is 0 Å². The molecule has 0 rings (SSSR count). The van der Waals surface area contributed by atoms with E-state index >= 15 is 0 Å². The number of hydrogen-bond acceptors (Lipinski definition) is 1. The number of rotatable bonds is 4. The Bertz CT molecular complexity index is 162. The van der Waals surface area contributed by atoms with Crippen molar-refractivity contribution in [3.63, 3.8) is 0 Å². The van der Waals surface area contributed by atoms with Crippen molar-refractivity contribution in [2.24, 2.45) is 17.3 Å². The van der Waals surface area contributed by atoms with E-state index in [1.54, 1.807) is 0 Å². The van der Waals surface area contributed by atoms with Crippen LogP contribution in [-0.2, 0) is 0 Å². The second-order valence-corrected chi connectivity index (χ2v) is 4.81. The van der Waals surface area contributed by atoms with Gasteiger partial charge in [0.05, 0.1) is 6.07 Å². The monoisotopic (exact) mass is 167 g/mol. The molecule has 0 fully saturated rings. The van der Waals surface area contributed by atoms with Gasteiger partial charge in [0.2, 0.25) is 0 Å². The van der Waals surface area contributed by atoms with Crippen molar-refractivity contribution in [3.05, 3.63) is 0 Å². The zero-order valence-corrected chi connectivity index (χ0v) is 9.02. The van der Waals surface area contributed by atoms with Crippen molar-refractivity contribution in [2.45, 2.75) is 47.5 Å². The maximum atomic E-state index is 8.52. The van der Waals surface area contributed by atoms with Crippen molar-refractivity contribution in [3.8, 4) is 6.07 Å². The molecule has 0 saturated heterocycles. The van der Waals surface area contributed by atoms with Gasteiger partial charge in [-0.05, 0) is 23.7 Å². The fraction of sp³-hybridized carbons (Fsp3) is 0.909. The van der Waals surface area contributed by atoms with E-state index in [9.17, 15) is 0 Å². The Morgan fingerprint density at radius 3 is 2.08 bits per heavy atom. The van der Waals surface area contributed by atoms with Crippen LogP contribution in [0.1, 0.15) is 47.5 Å². The molecule has 0 N–H and O–H groups in total. The zero-order valence-electron chi connectivity index (χ0n) is 9.02. The van der Waals surface area contributed by atoms with E-state index < -0.39 is 0 Å². The molecule has 0 aromatic carbocycles. The number of nitriles is 1. The van der Waals surface area contributed by atoms with Crippen LogP contribution in [0.25, 0.3) is 0 Å². The first kappa shape index (κ1) is 11.5. The highest BCUT2D eigenvalue weighted by molar-refractivity contribution is 4.80. The first-order chi connectivity index (χ1) is 5.40. The van der Waals surface area contributed by atoms with Gasteiger partial charge in [-0.15, -0.1) is 0 Å². The minimum Gasteiger partial charge on any atom is -0.198 e. The van der Waals surface area contributed by atoms with Crippen molar-refractivity contribution in [1.29, 1.82) is 5.26 Å². The molecule has 1 nitrogen and oxygen atoms in total. The van der Waals surface area contributed by atoms with Crippen LogP contribution in [0.15, 0.2) is 0 Å². The Labute approximate surface area is 76.8 Å². The second-order valence-electron chi connectivity index (χ2n) is 4.81. The molecular weight excluding hydrogens is 146 g/mol. The Morgan fingerprint density at radius 2 is 1.75 bits per heavy atom. The highest BCUT2D eigenvalue weighted by Gasteiger charge is 2.24. The molecule has 0 radical (unpaired) electrons. The fourth-order valence-corrected chi connectivity index (χ4v) is 1.36. The summed E-state index contributed by atoms with van der Waals surface area (Å²) in [7, 11) is 0. The first-order valence-corrected chi connectivity index (χ1v) is 4.77. The Kier molecular flexibility index (Phi) is 4.31. The van der Waals surface area contributed by atoms with Crippen molar-refractivity contribution in [2.75, 3.05) is 0 Å². The summed E-state index contributed by atoms with van der Waals surface area (Å²) in [6.07, 6.45) is 1.84. The third kappa shape index (κ3) is 3.76. The summed E-state index contributed by atoms with van der Waals surface area (Å²) in [5.74, 6) is 1.23. The van der Waals surface area contributed by atoms with Gasteiger partial charge in [0.1, 0.15) is 0 Å². The van der Waals surface area contributed by atoms with Crippen LogP contribution >= 0.6 is 0 Å². The predicted octanol–water partition coefficient (Wildman–Crippen LogP) is 3.61. The molecule has 0 aliphatic carbocycles. The molecular formula is C11H21N. The maximum absolute atomic E-state index is 8.52. The highest BCUT2D eigenvalue weighted by atomic mass is 14.3. The van der Waals surface area contributed by atoms with Gasteiger partial charge in [0, 0.05) is 6.42 Å². The molecule has 0 heterocycles. The molecule has 0 aromatic heterocycles. The van der Waals surface area contributed by atoms with Crippen molar-refractivity contribution < 1.29 is 0 Å². The smallest absolute Gasteiger partial charge is 0.0624 e. The number of hydrogen-bond donors (Lipinski definition) is 0. The van der Waals surface area contributed by atoms with E-state index in [1.165, 1.54) is 0 Å². The molecule has 0 aliphatic heterocycles. The quantitative estimate of drug-likeness (QED) is 0.627. The van der Waals surface area contributed by atoms with Gasteiger partial charge in [-0.25, -0.2) is 0 Å². The third-order valence-corrected chi connectivity index (χ3v) is 2.88. The van der Waals surface area contributed by atoms with E-state index in [2.05, 4.69) is 40.7 Å². The molecule has 0 bridgehead atoms. The van der Waals surface area contributed by atoms with Crippen molar-refractivity contribution in [1.82, 2.24) is 0 Å². The maximum Gasteiger partial charge on any atom is 0.0624 e. The topological polar surface area (TPSA) is 23.8 Å². The van der Waals surface area contributed by atoms with Crippen LogP contribution in [-0.4, -0.2) is 0 Å². The molecule has 70 valence electrons. The molecule has 1 unspecified atom stereocenters. The van der Waals surface area contributed by atoms with E-state index in [0.717, 1.165) is 6.42 Å².